The van der Waals surface area contributed by atoms with Crippen LogP contribution in [0, 0.1) is 0 Å². The number of nitrogens with zero attached hydrogens (tertiary/aromatic N) is 2. The lowest BCUT2D eigenvalue weighted by molar-refractivity contribution is 0.0917. The molecule has 0 radical (unpaired) electrons. The average molecular weight is 416 g/mol. The van der Waals surface area contributed by atoms with Gasteiger partial charge in [0.25, 0.3) is 5.91 Å². The number of carbonyl (C=O) groups excluding carboxylic acids is 1. The second kappa shape index (κ2) is 8.90. The van der Waals surface area contributed by atoms with E-state index in [0.717, 1.165) is 18.7 Å². The molecule has 1 amide bonds. The zero-order valence-electron chi connectivity index (χ0n) is 15.4. The summed E-state index contributed by atoms with van der Waals surface area (Å²) >= 11 is 7.66. The molecule has 0 bridgehead atoms. The Morgan fingerprint density at radius 3 is 2.71 bits per heavy atom. The molecule has 7 heteroatoms. The van der Waals surface area contributed by atoms with Crippen molar-refractivity contribution in [2.45, 2.75) is 25.3 Å². The molecule has 3 aromatic rings. The maximum absolute atomic E-state index is 12.6. The van der Waals surface area contributed by atoms with Crippen molar-refractivity contribution in [2.75, 3.05) is 19.6 Å². The van der Waals surface area contributed by atoms with E-state index in [-0.39, 0.29) is 17.6 Å². The zero-order valence-corrected chi connectivity index (χ0v) is 17.0. The van der Waals surface area contributed by atoms with Gasteiger partial charge >= 0.3 is 0 Å². The molecule has 4 rings (SSSR count). The van der Waals surface area contributed by atoms with E-state index in [2.05, 4.69) is 32.9 Å². The molecule has 1 atom stereocenters. The van der Waals surface area contributed by atoms with Crippen LogP contribution < -0.4 is 5.32 Å². The van der Waals surface area contributed by atoms with Crippen LogP contribution in [0.15, 0.2) is 52.4 Å². The van der Waals surface area contributed by atoms with Gasteiger partial charge in [0.1, 0.15) is 0 Å². The van der Waals surface area contributed by atoms with Crippen molar-refractivity contribution in [3.63, 3.8) is 0 Å². The van der Waals surface area contributed by atoms with E-state index in [1.54, 1.807) is 29.5 Å². The van der Waals surface area contributed by atoms with Crippen LogP contribution in [0.5, 0.6) is 0 Å². The molecular weight excluding hydrogens is 394 g/mol. The van der Waals surface area contributed by atoms with Crippen LogP contribution in [0.2, 0.25) is 5.02 Å². The highest BCUT2D eigenvalue weighted by atomic mass is 35.5. The summed E-state index contributed by atoms with van der Waals surface area (Å²) < 4.78 is 5.34. The Morgan fingerprint density at radius 2 is 2.00 bits per heavy atom. The van der Waals surface area contributed by atoms with Gasteiger partial charge in [-0.3, -0.25) is 9.69 Å². The Labute approximate surface area is 173 Å². The second-order valence-electron chi connectivity index (χ2n) is 6.92. The molecule has 3 heterocycles. The van der Waals surface area contributed by atoms with Crippen LogP contribution >= 0.6 is 22.9 Å². The molecule has 1 unspecified atom stereocenters. The first-order valence-corrected chi connectivity index (χ1v) is 10.7. The second-order valence-corrected chi connectivity index (χ2v) is 8.34. The molecule has 1 N–H and O–H groups in total. The molecule has 1 saturated heterocycles. The lowest BCUT2D eigenvalue weighted by atomic mass is 10.1. The highest BCUT2D eigenvalue weighted by Gasteiger charge is 2.24. The lowest BCUT2D eigenvalue weighted by Crippen LogP contribution is -2.40. The fraction of sp³-hybridized carbons (Fsp3) is 0.333. The summed E-state index contributed by atoms with van der Waals surface area (Å²) in [5.41, 5.74) is 1.12. The average Bonchev–Trinajstić information content (AvgIpc) is 3.42. The highest BCUT2D eigenvalue weighted by Crippen LogP contribution is 2.28. The van der Waals surface area contributed by atoms with Crippen molar-refractivity contribution in [3.05, 3.63) is 63.4 Å². The Bertz CT molecular complexity index is 902. The van der Waals surface area contributed by atoms with Crippen LogP contribution in [-0.2, 0) is 0 Å². The number of amides is 1. The minimum Gasteiger partial charge on any atom is -0.355 e. The van der Waals surface area contributed by atoms with Crippen molar-refractivity contribution < 1.29 is 9.32 Å². The molecule has 1 aliphatic heterocycles. The summed E-state index contributed by atoms with van der Waals surface area (Å²) in [7, 11) is 0. The van der Waals surface area contributed by atoms with E-state index in [0.29, 0.717) is 17.3 Å². The quantitative estimate of drug-likeness (QED) is 0.614. The minimum absolute atomic E-state index is 0.201. The van der Waals surface area contributed by atoms with Crippen LogP contribution in [0.4, 0.5) is 0 Å². The molecule has 28 heavy (non-hydrogen) atoms. The molecule has 0 spiro atoms. The van der Waals surface area contributed by atoms with Crippen LogP contribution in [0.3, 0.4) is 0 Å². The summed E-state index contributed by atoms with van der Waals surface area (Å²) in [5.74, 6) is 0.329. The SMILES string of the molecule is O=C(NCC(c1cccs1)N1CCCCC1)c1cc(-c2ccc(Cl)cc2)on1. The summed E-state index contributed by atoms with van der Waals surface area (Å²) in [6, 6.07) is 13.3. The number of halogens is 1. The maximum atomic E-state index is 12.6. The standard InChI is InChI=1S/C21H22ClN3O2S/c22-16-8-6-15(7-9-16)19-13-17(24-27-19)21(26)23-14-18(20-5-4-12-28-20)25-10-2-1-3-11-25/h4-9,12-13,18H,1-3,10-11,14H2,(H,23,26). The summed E-state index contributed by atoms with van der Waals surface area (Å²) in [4.78, 5) is 16.4. The van der Waals surface area contributed by atoms with E-state index in [1.165, 1.54) is 24.1 Å². The summed E-state index contributed by atoms with van der Waals surface area (Å²) in [6.07, 6.45) is 3.71. The number of hydrogen-bond donors (Lipinski definition) is 1. The fourth-order valence-corrected chi connectivity index (χ4v) is 4.52. The summed E-state index contributed by atoms with van der Waals surface area (Å²) in [5, 5.41) is 9.72. The van der Waals surface area contributed by atoms with Gasteiger partial charge < -0.3 is 9.84 Å². The van der Waals surface area contributed by atoms with Gasteiger partial charge in [0.15, 0.2) is 11.5 Å². The lowest BCUT2D eigenvalue weighted by Gasteiger charge is -2.34. The van der Waals surface area contributed by atoms with Crippen molar-refractivity contribution in [1.82, 2.24) is 15.4 Å². The maximum Gasteiger partial charge on any atom is 0.273 e. The number of hydrogen-bond acceptors (Lipinski definition) is 5. The van der Waals surface area contributed by atoms with Crippen molar-refractivity contribution in [3.8, 4) is 11.3 Å². The number of rotatable bonds is 6. The molecule has 2 aromatic heterocycles. The first kappa shape index (κ1) is 19.2. The number of thiophene rings is 1. The van der Waals surface area contributed by atoms with Gasteiger partial charge in [0.2, 0.25) is 0 Å². The number of carbonyl (C=O) groups is 1. The molecule has 0 saturated carbocycles. The smallest absolute Gasteiger partial charge is 0.273 e. The van der Waals surface area contributed by atoms with Crippen molar-refractivity contribution in [1.29, 1.82) is 0 Å². The monoisotopic (exact) mass is 415 g/mol. The van der Waals surface area contributed by atoms with Gasteiger partial charge in [-0.05, 0) is 61.6 Å². The van der Waals surface area contributed by atoms with Gasteiger partial charge in [-0.2, -0.15) is 0 Å². The van der Waals surface area contributed by atoms with E-state index in [1.807, 2.05) is 12.1 Å². The van der Waals surface area contributed by atoms with E-state index in [9.17, 15) is 4.79 Å². The van der Waals surface area contributed by atoms with E-state index in [4.69, 9.17) is 16.1 Å². The van der Waals surface area contributed by atoms with Crippen LogP contribution in [0.25, 0.3) is 11.3 Å². The number of likely N-dealkylation sites (tertiary alicyclic amines) is 1. The molecular formula is C21H22ClN3O2S. The molecule has 146 valence electrons. The number of aromatic nitrogens is 1. The zero-order chi connectivity index (χ0) is 19.3. The van der Waals surface area contributed by atoms with Crippen LogP contribution in [0.1, 0.15) is 40.7 Å². The Balaban J connectivity index is 1.43. The molecule has 1 aromatic carbocycles. The normalized spacial score (nSPS) is 16.0. The van der Waals surface area contributed by atoms with Gasteiger partial charge in [0, 0.05) is 28.1 Å². The Kier molecular flexibility index (Phi) is 6.10. The third-order valence-electron chi connectivity index (χ3n) is 5.03. The Hall–Kier alpha value is -2.15. The predicted molar refractivity (Wildman–Crippen MR) is 112 cm³/mol. The third-order valence-corrected chi connectivity index (χ3v) is 6.26. The van der Waals surface area contributed by atoms with E-state index < -0.39 is 0 Å². The molecule has 5 nitrogen and oxygen atoms in total. The molecule has 0 aliphatic carbocycles. The van der Waals surface area contributed by atoms with E-state index >= 15 is 0 Å². The fourth-order valence-electron chi connectivity index (χ4n) is 3.53. The Morgan fingerprint density at radius 1 is 1.21 bits per heavy atom. The molecule has 1 aliphatic rings. The number of benzene rings is 1. The van der Waals surface area contributed by atoms with Crippen molar-refractivity contribution >= 4 is 28.8 Å². The highest BCUT2D eigenvalue weighted by molar-refractivity contribution is 7.10. The number of nitrogens with one attached hydrogen (secondary N) is 1. The van der Waals surface area contributed by atoms with Gasteiger partial charge in [0.05, 0.1) is 6.04 Å². The number of piperidine rings is 1. The first-order chi connectivity index (χ1) is 13.7. The topological polar surface area (TPSA) is 58.4 Å². The minimum atomic E-state index is -0.220. The first-order valence-electron chi connectivity index (χ1n) is 9.49. The largest absolute Gasteiger partial charge is 0.355 e. The van der Waals surface area contributed by atoms with Gasteiger partial charge in [-0.15, -0.1) is 11.3 Å². The summed E-state index contributed by atoms with van der Waals surface area (Å²) in [6.45, 7) is 2.70. The van der Waals surface area contributed by atoms with Crippen LogP contribution in [-0.4, -0.2) is 35.6 Å². The van der Waals surface area contributed by atoms with Gasteiger partial charge in [-0.25, -0.2) is 0 Å². The molecule has 1 fully saturated rings. The van der Waals surface area contributed by atoms with Crippen molar-refractivity contribution in [2.24, 2.45) is 0 Å². The third kappa shape index (κ3) is 4.46. The predicted octanol–water partition coefficient (Wildman–Crippen LogP) is 5.01. The van der Waals surface area contributed by atoms with Gasteiger partial charge in [-0.1, -0.05) is 29.2 Å².